The highest BCUT2D eigenvalue weighted by Crippen LogP contribution is 2.27. The third-order valence-corrected chi connectivity index (χ3v) is 6.30. The van der Waals surface area contributed by atoms with Crippen molar-refractivity contribution in [3.8, 4) is 0 Å². The van der Waals surface area contributed by atoms with Crippen molar-refractivity contribution in [2.75, 3.05) is 37.6 Å². The number of fused-ring (bicyclic) bond motifs is 1. The Morgan fingerprint density at radius 1 is 1.10 bits per heavy atom. The Hall–Kier alpha value is -2.05. The maximum absolute atomic E-state index is 13.5. The minimum absolute atomic E-state index is 0.170. The molecule has 2 aromatic rings. The van der Waals surface area contributed by atoms with Crippen LogP contribution in [0.15, 0.2) is 30.6 Å². The number of rotatable bonds is 6. The highest BCUT2D eigenvalue weighted by molar-refractivity contribution is 5.50. The quantitative estimate of drug-likeness (QED) is 0.746. The molecule has 2 aliphatic heterocycles. The first-order valence-corrected chi connectivity index (χ1v) is 10.9. The fourth-order valence-corrected chi connectivity index (χ4v) is 4.67. The summed E-state index contributed by atoms with van der Waals surface area (Å²) < 4.78 is 13.5. The smallest absolute Gasteiger partial charge is 0.135 e. The molecule has 156 valence electrons. The van der Waals surface area contributed by atoms with Gasteiger partial charge in [0.25, 0.3) is 0 Å². The van der Waals surface area contributed by atoms with Crippen LogP contribution in [0.4, 0.5) is 10.2 Å². The minimum Gasteiger partial charge on any atom is -0.354 e. The summed E-state index contributed by atoms with van der Waals surface area (Å²) in [5.74, 6) is 0.958. The third kappa shape index (κ3) is 4.75. The van der Waals surface area contributed by atoms with Gasteiger partial charge in [-0.3, -0.25) is 9.80 Å². The molecule has 4 rings (SSSR count). The second kappa shape index (κ2) is 9.18. The van der Waals surface area contributed by atoms with E-state index in [9.17, 15) is 4.39 Å². The Morgan fingerprint density at radius 2 is 1.93 bits per heavy atom. The first-order valence-electron chi connectivity index (χ1n) is 10.9. The van der Waals surface area contributed by atoms with E-state index in [2.05, 4.69) is 38.5 Å². The average Bonchev–Trinajstić information content (AvgIpc) is 2.73. The highest BCUT2D eigenvalue weighted by atomic mass is 19.1. The largest absolute Gasteiger partial charge is 0.354 e. The van der Waals surface area contributed by atoms with Crippen LogP contribution >= 0.6 is 0 Å². The summed E-state index contributed by atoms with van der Waals surface area (Å²) in [6.07, 6.45) is 5.18. The lowest BCUT2D eigenvalue weighted by molar-refractivity contribution is 0.187. The summed E-state index contributed by atoms with van der Waals surface area (Å²) in [6.45, 7) is 11.4. The van der Waals surface area contributed by atoms with Gasteiger partial charge in [0.1, 0.15) is 18.0 Å². The van der Waals surface area contributed by atoms with Crippen molar-refractivity contribution in [2.24, 2.45) is 0 Å². The third-order valence-electron chi connectivity index (χ3n) is 6.30. The zero-order chi connectivity index (χ0) is 20.2. The maximum atomic E-state index is 13.5. The molecule has 5 nitrogen and oxygen atoms in total. The van der Waals surface area contributed by atoms with Crippen LogP contribution in [0.25, 0.3) is 0 Å². The van der Waals surface area contributed by atoms with Gasteiger partial charge in [-0.1, -0.05) is 25.5 Å². The van der Waals surface area contributed by atoms with Gasteiger partial charge in [-0.2, -0.15) is 0 Å². The van der Waals surface area contributed by atoms with E-state index in [1.165, 1.54) is 24.5 Å². The van der Waals surface area contributed by atoms with Gasteiger partial charge in [0.2, 0.25) is 0 Å². The summed E-state index contributed by atoms with van der Waals surface area (Å²) in [6, 6.07) is 7.56. The Labute approximate surface area is 173 Å². The molecule has 29 heavy (non-hydrogen) atoms. The van der Waals surface area contributed by atoms with Gasteiger partial charge in [-0.15, -0.1) is 0 Å². The number of benzene rings is 1. The van der Waals surface area contributed by atoms with Crippen LogP contribution < -0.4 is 4.90 Å². The lowest BCUT2D eigenvalue weighted by Crippen LogP contribution is -2.50. The molecular formula is C23H32FN5. The standard InChI is InChI=1S/C23H32FN5/c1-3-5-18(2)28-10-12-29(13-11-28)23-21-8-9-27(16-22(21)25-17-26-23)15-19-6-4-7-20(24)14-19/h4,6-7,14,17-18H,3,5,8-13,15-16H2,1-2H3. The summed E-state index contributed by atoms with van der Waals surface area (Å²) in [5.41, 5.74) is 3.44. The van der Waals surface area contributed by atoms with E-state index in [0.29, 0.717) is 6.04 Å². The SMILES string of the molecule is CCCC(C)N1CCN(c2ncnc3c2CCN(Cc2cccc(F)c2)C3)CC1. The van der Waals surface area contributed by atoms with E-state index in [1.54, 1.807) is 18.5 Å². The second-order valence-electron chi connectivity index (χ2n) is 8.37. The van der Waals surface area contributed by atoms with Crippen molar-refractivity contribution < 1.29 is 4.39 Å². The molecule has 0 amide bonds. The molecule has 1 saturated heterocycles. The van der Waals surface area contributed by atoms with Crippen LogP contribution in [0.2, 0.25) is 0 Å². The van der Waals surface area contributed by atoms with Gasteiger partial charge in [-0.25, -0.2) is 14.4 Å². The number of nitrogens with zero attached hydrogens (tertiary/aromatic N) is 5. The average molecular weight is 398 g/mol. The zero-order valence-electron chi connectivity index (χ0n) is 17.6. The number of halogens is 1. The van der Waals surface area contributed by atoms with Crippen molar-refractivity contribution >= 4 is 5.82 Å². The van der Waals surface area contributed by atoms with E-state index >= 15 is 0 Å². The van der Waals surface area contributed by atoms with Gasteiger partial charge in [0.05, 0.1) is 5.69 Å². The van der Waals surface area contributed by atoms with Crippen LogP contribution in [0.3, 0.4) is 0 Å². The van der Waals surface area contributed by atoms with Gasteiger partial charge in [0.15, 0.2) is 0 Å². The Balaban J connectivity index is 1.41. The minimum atomic E-state index is -0.170. The molecule has 0 saturated carbocycles. The number of anilines is 1. The predicted molar refractivity (Wildman–Crippen MR) is 114 cm³/mol. The van der Waals surface area contributed by atoms with E-state index in [0.717, 1.165) is 69.3 Å². The van der Waals surface area contributed by atoms with Gasteiger partial charge >= 0.3 is 0 Å². The first kappa shape index (κ1) is 20.2. The van der Waals surface area contributed by atoms with E-state index in [1.807, 2.05) is 6.07 Å². The van der Waals surface area contributed by atoms with E-state index < -0.39 is 0 Å². The van der Waals surface area contributed by atoms with Crippen molar-refractivity contribution in [3.05, 3.63) is 53.2 Å². The molecule has 1 atom stereocenters. The Kier molecular flexibility index (Phi) is 6.40. The van der Waals surface area contributed by atoms with Gasteiger partial charge < -0.3 is 4.90 Å². The van der Waals surface area contributed by atoms with E-state index in [4.69, 9.17) is 0 Å². The number of aromatic nitrogens is 2. The molecule has 1 aromatic carbocycles. The Bertz CT molecular complexity index is 819. The number of piperazine rings is 1. The topological polar surface area (TPSA) is 35.5 Å². The van der Waals surface area contributed by atoms with Crippen LogP contribution in [0.5, 0.6) is 0 Å². The molecule has 3 heterocycles. The van der Waals surface area contributed by atoms with Crippen molar-refractivity contribution in [2.45, 2.75) is 52.2 Å². The number of hydrogen-bond donors (Lipinski definition) is 0. The maximum Gasteiger partial charge on any atom is 0.135 e. The van der Waals surface area contributed by atoms with Crippen LogP contribution in [-0.2, 0) is 19.5 Å². The lowest BCUT2D eigenvalue weighted by Gasteiger charge is -2.40. The molecule has 0 N–H and O–H groups in total. The molecule has 6 heteroatoms. The van der Waals surface area contributed by atoms with Crippen LogP contribution in [0, 0.1) is 5.82 Å². The molecular weight excluding hydrogens is 365 g/mol. The van der Waals surface area contributed by atoms with Gasteiger partial charge in [0, 0.05) is 57.4 Å². The molecule has 2 aliphatic rings. The van der Waals surface area contributed by atoms with Crippen LogP contribution in [0.1, 0.15) is 43.5 Å². The summed E-state index contributed by atoms with van der Waals surface area (Å²) in [4.78, 5) is 16.7. The molecule has 0 radical (unpaired) electrons. The van der Waals surface area contributed by atoms with E-state index in [-0.39, 0.29) is 5.82 Å². The number of hydrogen-bond acceptors (Lipinski definition) is 5. The molecule has 0 aliphatic carbocycles. The monoisotopic (exact) mass is 397 g/mol. The predicted octanol–water partition coefficient (Wildman–Crippen LogP) is 3.48. The van der Waals surface area contributed by atoms with Crippen LogP contribution in [-0.4, -0.2) is 58.5 Å². The zero-order valence-corrected chi connectivity index (χ0v) is 17.6. The fourth-order valence-electron chi connectivity index (χ4n) is 4.67. The molecule has 1 aromatic heterocycles. The fraction of sp³-hybridized carbons (Fsp3) is 0.565. The molecule has 1 fully saturated rings. The molecule has 0 bridgehead atoms. The summed E-state index contributed by atoms with van der Waals surface area (Å²) >= 11 is 0. The highest BCUT2D eigenvalue weighted by Gasteiger charge is 2.27. The van der Waals surface area contributed by atoms with Gasteiger partial charge in [-0.05, 0) is 37.5 Å². The second-order valence-corrected chi connectivity index (χ2v) is 8.37. The van der Waals surface area contributed by atoms with Crippen molar-refractivity contribution in [1.82, 2.24) is 19.8 Å². The summed E-state index contributed by atoms with van der Waals surface area (Å²) in [7, 11) is 0. The first-order chi connectivity index (χ1) is 14.1. The summed E-state index contributed by atoms with van der Waals surface area (Å²) in [5, 5.41) is 0. The Morgan fingerprint density at radius 3 is 2.69 bits per heavy atom. The normalized spacial score (nSPS) is 19.2. The lowest BCUT2D eigenvalue weighted by atomic mass is 10.0. The van der Waals surface area contributed by atoms with Crippen molar-refractivity contribution in [1.29, 1.82) is 0 Å². The van der Waals surface area contributed by atoms with Crippen molar-refractivity contribution in [3.63, 3.8) is 0 Å². The molecule has 0 spiro atoms. The molecule has 1 unspecified atom stereocenters.